The van der Waals surface area contributed by atoms with Gasteiger partial charge in [-0.2, -0.15) is 5.10 Å². The molecule has 0 aliphatic carbocycles. The number of rotatable bonds is 2. The molecule has 140 valence electrons. The zero-order valence-electron chi connectivity index (χ0n) is 15.9. The molecule has 4 aromatic rings. The minimum absolute atomic E-state index is 0.0529. The lowest BCUT2D eigenvalue weighted by Crippen LogP contribution is -2.35. The maximum atomic E-state index is 12.7. The summed E-state index contributed by atoms with van der Waals surface area (Å²) >= 11 is 0. The van der Waals surface area contributed by atoms with Gasteiger partial charge in [0.15, 0.2) is 5.82 Å². The van der Waals surface area contributed by atoms with Gasteiger partial charge in [-0.1, -0.05) is 18.2 Å². The minimum Gasteiger partial charge on any atom is -0.337 e. The number of benzene rings is 2. The summed E-state index contributed by atoms with van der Waals surface area (Å²) in [4.78, 5) is 22.8. The Hall–Kier alpha value is -3.41. The van der Waals surface area contributed by atoms with Gasteiger partial charge in [-0.3, -0.25) is 9.89 Å². The van der Waals surface area contributed by atoms with E-state index in [1.807, 2.05) is 35.2 Å². The first kappa shape index (κ1) is 16.7. The van der Waals surface area contributed by atoms with E-state index in [4.69, 9.17) is 4.98 Å². The van der Waals surface area contributed by atoms with Crippen LogP contribution in [-0.2, 0) is 13.0 Å². The van der Waals surface area contributed by atoms with E-state index in [2.05, 4.69) is 41.2 Å². The van der Waals surface area contributed by atoms with Gasteiger partial charge in [0.05, 0.1) is 23.3 Å². The normalized spacial score (nSPS) is 13.7. The number of fused-ring (bicyclic) bond motifs is 2. The predicted molar refractivity (Wildman–Crippen MR) is 108 cm³/mol. The third-order valence-corrected chi connectivity index (χ3v) is 5.56. The van der Waals surface area contributed by atoms with Crippen molar-refractivity contribution >= 4 is 16.9 Å². The van der Waals surface area contributed by atoms with E-state index in [-0.39, 0.29) is 5.91 Å². The number of imidazole rings is 1. The van der Waals surface area contributed by atoms with Gasteiger partial charge in [0.1, 0.15) is 5.69 Å². The van der Waals surface area contributed by atoms with Crippen molar-refractivity contribution in [2.75, 3.05) is 6.54 Å². The van der Waals surface area contributed by atoms with Gasteiger partial charge in [0, 0.05) is 17.7 Å². The fraction of sp³-hybridized carbons (Fsp3) is 0.227. The molecule has 0 bridgehead atoms. The van der Waals surface area contributed by atoms with Crippen LogP contribution in [-0.4, -0.2) is 37.5 Å². The number of carbonyl (C=O) groups is 1. The number of hydrogen-bond acceptors (Lipinski definition) is 3. The van der Waals surface area contributed by atoms with Gasteiger partial charge in [-0.15, -0.1) is 0 Å². The highest BCUT2D eigenvalue weighted by atomic mass is 16.2. The maximum Gasteiger partial charge on any atom is 0.254 e. The average Bonchev–Trinajstić information content (AvgIpc) is 3.31. The highest BCUT2D eigenvalue weighted by Gasteiger charge is 2.27. The van der Waals surface area contributed by atoms with Crippen LogP contribution in [0.5, 0.6) is 0 Å². The molecule has 0 fully saturated rings. The fourth-order valence-electron chi connectivity index (χ4n) is 3.83. The third kappa shape index (κ3) is 2.69. The molecule has 28 heavy (non-hydrogen) atoms. The number of aryl methyl sites for hydroxylation is 2. The molecular formula is C22H21N5O. The van der Waals surface area contributed by atoms with Crippen molar-refractivity contribution < 1.29 is 4.79 Å². The van der Waals surface area contributed by atoms with Gasteiger partial charge >= 0.3 is 0 Å². The third-order valence-electron chi connectivity index (χ3n) is 5.56. The molecule has 0 radical (unpaired) electrons. The molecule has 1 aliphatic heterocycles. The summed E-state index contributed by atoms with van der Waals surface area (Å²) in [6.45, 7) is 5.40. The van der Waals surface area contributed by atoms with Crippen LogP contribution in [0.2, 0.25) is 0 Å². The van der Waals surface area contributed by atoms with E-state index >= 15 is 0 Å². The maximum absolute atomic E-state index is 12.7. The molecule has 0 saturated heterocycles. The molecule has 2 N–H and O–H groups in total. The van der Waals surface area contributed by atoms with E-state index < -0.39 is 0 Å². The molecule has 0 spiro atoms. The lowest BCUT2D eigenvalue weighted by Gasteiger charge is -2.26. The fourth-order valence-corrected chi connectivity index (χ4v) is 3.83. The first-order valence-corrected chi connectivity index (χ1v) is 9.48. The Balaban J connectivity index is 1.45. The van der Waals surface area contributed by atoms with Gasteiger partial charge in [0.25, 0.3) is 5.91 Å². The summed E-state index contributed by atoms with van der Waals surface area (Å²) in [6.07, 6.45) is 0.759. The Bertz CT molecular complexity index is 1150. The summed E-state index contributed by atoms with van der Waals surface area (Å²) < 4.78 is 0. The van der Waals surface area contributed by atoms with Crippen LogP contribution < -0.4 is 0 Å². The molecule has 0 atom stereocenters. The Morgan fingerprint density at radius 3 is 2.71 bits per heavy atom. The number of nitrogens with one attached hydrogen (secondary N) is 2. The van der Waals surface area contributed by atoms with E-state index in [0.717, 1.165) is 40.2 Å². The summed E-state index contributed by atoms with van der Waals surface area (Å²) in [5.41, 5.74) is 8.13. The number of nitrogens with zero attached hydrogens (tertiary/aromatic N) is 3. The van der Waals surface area contributed by atoms with E-state index in [1.54, 1.807) is 0 Å². The van der Waals surface area contributed by atoms with Crippen LogP contribution in [0.15, 0.2) is 42.5 Å². The SMILES string of the molecule is Cc1cc2nc(-c3n[nH]c4c3CCN(C(=O)c3ccccc3)C4)[nH]c2cc1C. The molecule has 0 unspecified atom stereocenters. The number of aromatic amines is 2. The number of aromatic nitrogens is 4. The molecule has 0 saturated carbocycles. The van der Waals surface area contributed by atoms with Crippen LogP contribution in [0.3, 0.4) is 0 Å². The number of amides is 1. The standard InChI is InChI=1S/C22H21N5O/c1-13-10-17-18(11-14(13)2)24-21(23-17)20-16-8-9-27(12-19(16)25-26-20)22(28)15-6-4-3-5-7-15/h3-7,10-11H,8-9,12H2,1-2H3,(H,23,24)(H,25,26). The summed E-state index contributed by atoms with van der Waals surface area (Å²) in [5.74, 6) is 0.831. The predicted octanol–water partition coefficient (Wildman–Crippen LogP) is 3.77. The minimum atomic E-state index is 0.0529. The van der Waals surface area contributed by atoms with Gasteiger partial charge in [-0.05, 0) is 55.7 Å². The molecule has 1 amide bonds. The molecule has 2 aromatic carbocycles. The monoisotopic (exact) mass is 371 g/mol. The average molecular weight is 371 g/mol. The van der Waals surface area contributed by atoms with Crippen LogP contribution in [0.25, 0.3) is 22.6 Å². The second kappa shape index (κ2) is 6.34. The lowest BCUT2D eigenvalue weighted by atomic mass is 10.0. The largest absolute Gasteiger partial charge is 0.337 e. The van der Waals surface area contributed by atoms with Crippen LogP contribution >= 0.6 is 0 Å². The van der Waals surface area contributed by atoms with Crippen molar-refractivity contribution in [1.82, 2.24) is 25.1 Å². The van der Waals surface area contributed by atoms with Crippen LogP contribution in [0, 0.1) is 13.8 Å². The molecule has 5 rings (SSSR count). The van der Waals surface area contributed by atoms with Gasteiger partial charge in [-0.25, -0.2) is 4.98 Å². The van der Waals surface area contributed by atoms with Gasteiger partial charge < -0.3 is 9.88 Å². The highest BCUT2D eigenvalue weighted by Crippen LogP contribution is 2.29. The van der Waals surface area contributed by atoms with Crippen molar-refractivity contribution in [2.24, 2.45) is 0 Å². The van der Waals surface area contributed by atoms with Crippen molar-refractivity contribution in [3.8, 4) is 11.5 Å². The first-order valence-electron chi connectivity index (χ1n) is 9.48. The number of H-pyrrole nitrogens is 2. The van der Waals surface area contributed by atoms with Crippen molar-refractivity contribution in [3.63, 3.8) is 0 Å². The van der Waals surface area contributed by atoms with Crippen LogP contribution in [0.1, 0.15) is 32.7 Å². The molecule has 2 aromatic heterocycles. The quantitative estimate of drug-likeness (QED) is 0.563. The Labute approximate surface area is 162 Å². The smallest absolute Gasteiger partial charge is 0.254 e. The molecular weight excluding hydrogens is 350 g/mol. The van der Waals surface area contributed by atoms with Crippen LogP contribution in [0.4, 0.5) is 0 Å². The molecule has 1 aliphatic rings. The Morgan fingerprint density at radius 1 is 1.11 bits per heavy atom. The number of carbonyl (C=O) groups excluding carboxylic acids is 1. The Kier molecular flexibility index (Phi) is 3.79. The number of hydrogen-bond donors (Lipinski definition) is 2. The van der Waals surface area contributed by atoms with Crippen molar-refractivity contribution in [3.05, 3.63) is 70.4 Å². The van der Waals surface area contributed by atoms with E-state index in [0.29, 0.717) is 18.7 Å². The second-order valence-electron chi connectivity index (χ2n) is 7.41. The summed E-state index contributed by atoms with van der Waals surface area (Å²) in [7, 11) is 0. The summed E-state index contributed by atoms with van der Waals surface area (Å²) in [5, 5.41) is 7.64. The molecule has 6 heteroatoms. The van der Waals surface area contributed by atoms with Gasteiger partial charge in [0.2, 0.25) is 0 Å². The van der Waals surface area contributed by atoms with E-state index in [1.165, 1.54) is 11.1 Å². The zero-order chi connectivity index (χ0) is 19.3. The Morgan fingerprint density at radius 2 is 1.89 bits per heavy atom. The first-order chi connectivity index (χ1) is 13.6. The summed E-state index contributed by atoms with van der Waals surface area (Å²) in [6, 6.07) is 13.6. The zero-order valence-corrected chi connectivity index (χ0v) is 15.9. The highest BCUT2D eigenvalue weighted by molar-refractivity contribution is 5.94. The van der Waals surface area contributed by atoms with E-state index in [9.17, 15) is 4.79 Å². The van der Waals surface area contributed by atoms with Crippen molar-refractivity contribution in [2.45, 2.75) is 26.8 Å². The second-order valence-corrected chi connectivity index (χ2v) is 7.41. The topological polar surface area (TPSA) is 77.7 Å². The molecule has 6 nitrogen and oxygen atoms in total. The molecule has 3 heterocycles. The lowest BCUT2D eigenvalue weighted by molar-refractivity contribution is 0.0732. The van der Waals surface area contributed by atoms with Crippen molar-refractivity contribution in [1.29, 1.82) is 0 Å².